The van der Waals surface area contributed by atoms with E-state index in [1.165, 1.54) is 10.7 Å². The highest BCUT2D eigenvalue weighted by atomic mass is 16.4. The normalized spacial score (nSPS) is 11.5. The number of carboxylic acids is 1. The minimum Gasteiger partial charge on any atom is -0.481 e. The van der Waals surface area contributed by atoms with E-state index in [1.54, 1.807) is 32.3 Å². The Morgan fingerprint density at radius 3 is 2.71 bits per heavy atom. The van der Waals surface area contributed by atoms with Gasteiger partial charge in [0, 0.05) is 18.9 Å². The summed E-state index contributed by atoms with van der Waals surface area (Å²) in [4.78, 5) is 27.7. The number of carboxylic acid groups (broad SMARTS) is 1. The van der Waals surface area contributed by atoms with E-state index in [0.717, 1.165) is 0 Å². The molecule has 0 aliphatic heterocycles. The van der Waals surface area contributed by atoms with Crippen LogP contribution in [0.1, 0.15) is 37.0 Å². The molecule has 7 nitrogen and oxygen atoms in total. The van der Waals surface area contributed by atoms with Crippen molar-refractivity contribution in [1.29, 1.82) is 0 Å². The molecule has 112 valence electrons. The Labute approximate surface area is 122 Å². The molecule has 0 atom stereocenters. The van der Waals surface area contributed by atoms with Gasteiger partial charge in [-0.3, -0.25) is 9.59 Å². The van der Waals surface area contributed by atoms with E-state index in [1.807, 2.05) is 0 Å². The minimum atomic E-state index is -0.938. The third-order valence-corrected chi connectivity index (χ3v) is 3.92. The van der Waals surface area contributed by atoms with Crippen LogP contribution in [-0.4, -0.2) is 38.1 Å². The van der Waals surface area contributed by atoms with Gasteiger partial charge < -0.3 is 10.4 Å². The van der Waals surface area contributed by atoms with Crippen molar-refractivity contribution < 1.29 is 14.7 Å². The van der Waals surface area contributed by atoms with E-state index in [-0.39, 0.29) is 12.5 Å². The van der Waals surface area contributed by atoms with Gasteiger partial charge in [-0.2, -0.15) is 5.10 Å². The topological polar surface area (TPSA) is 96.6 Å². The van der Waals surface area contributed by atoms with Crippen LogP contribution in [-0.2, 0) is 4.79 Å². The summed E-state index contributed by atoms with van der Waals surface area (Å²) in [7, 11) is 0. The zero-order valence-corrected chi connectivity index (χ0v) is 12.0. The molecule has 0 fully saturated rings. The van der Waals surface area contributed by atoms with E-state index >= 15 is 0 Å². The summed E-state index contributed by atoms with van der Waals surface area (Å²) < 4.78 is 1.50. The molecule has 2 N–H and O–H groups in total. The Morgan fingerprint density at radius 2 is 2.10 bits per heavy atom. The fraction of sp³-hybridized carbons (Fsp3) is 0.429. The Morgan fingerprint density at radius 1 is 1.38 bits per heavy atom. The molecule has 0 unspecified atom stereocenters. The smallest absolute Gasteiger partial charge is 0.311 e. The summed E-state index contributed by atoms with van der Waals surface area (Å²) in [6, 6.07) is 1.71. The van der Waals surface area contributed by atoms with Crippen LogP contribution in [0.4, 0.5) is 0 Å². The van der Waals surface area contributed by atoms with Crippen LogP contribution < -0.4 is 5.32 Å². The summed E-state index contributed by atoms with van der Waals surface area (Å²) in [6.45, 7) is 3.69. The third-order valence-electron chi connectivity index (χ3n) is 3.92. The lowest BCUT2D eigenvalue weighted by atomic mass is 9.82. The molecule has 2 rings (SSSR count). The van der Waals surface area contributed by atoms with Gasteiger partial charge in [0.05, 0.1) is 11.6 Å². The number of hydrogen-bond donors (Lipinski definition) is 2. The van der Waals surface area contributed by atoms with Crippen LogP contribution in [0.5, 0.6) is 0 Å². The predicted octanol–water partition coefficient (Wildman–Crippen LogP) is 1.35. The van der Waals surface area contributed by atoms with Crippen LogP contribution in [0.3, 0.4) is 0 Å². The highest BCUT2D eigenvalue weighted by molar-refractivity contribution is 5.99. The number of aromatic nitrogens is 3. The van der Waals surface area contributed by atoms with Crippen LogP contribution in [0.15, 0.2) is 24.7 Å². The number of amides is 1. The van der Waals surface area contributed by atoms with Crippen molar-refractivity contribution >= 4 is 17.5 Å². The average molecular weight is 290 g/mol. The molecule has 1 amide bonds. The quantitative estimate of drug-likeness (QED) is 0.837. The third kappa shape index (κ3) is 2.72. The van der Waals surface area contributed by atoms with Gasteiger partial charge in [-0.05, 0) is 18.9 Å². The highest BCUT2D eigenvalue weighted by Gasteiger charge is 2.35. The van der Waals surface area contributed by atoms with Crippen molar-refractivity contribution in [3.05, 3.63) is 30.2 Å². The molecule has 2 aromatic rings. The van der Waals surface area contributed by atoms with E-state index in [9.17, 15) is 14.7 Å². The number of nitrogens with one attached hydrogen (secondary N) is 1. The second kappa shape index (κ2) is 5.90. The molecule has 0 aliphatic carbocycles. The maximum atomic E-state index is 12.2. The Bertz CT molecular complexity index is 661. The van der Waals surface area contributed by atoms with Gasteiger partial charge in [-0.15, -0.1) is 0 Å². The van der Waals surface area contributed by atoms with Crippen molar-refractivity contribution in [2.45, 2.75) is 26.7 Å². The van der Waals surface area contributed by atoms with Crippen molar-refractivity contribution in [1.82, 2.24) is 19.9 Å². The molecule has 0 aromatic carbocycles. The molecule has 0 bridgehead atoms. The number of carbonyl (C=O) groups excluding carboxylic acids is 1. The first-order valence-corrected chi connectivity index (χ1v) is 6.84. The minimum absolute atomic E-state index is 0.0817. The number of carbonyl (C=O) groups is 2. The molecule has 0 saturated heterocycles. The molecule has 2 heterocycles. The van der Waals surface area contributed by atoms with Gasteiger partial charge in [-0.1, -0.05) is 13.8 Å². The maximum absolute atomic E-state index is 12.2. The Hall–Kier alpha value is -2.44. The number of aliphatic carboxylic acids is 1. The van der Waals surface area contributed by atoms with Crippen molar-refractivity contribution in [3.63, 3.8) is 0 Å². The fourth-order valence-electron chi connectivity index (χ4n) is 2.21. The Kier molecular flexibility index (Phi) is 4.21. The molecule has 0 radical (unpaired) electrons. The first-order valence-electron chi connectivity index (χ1n) is 6.84. The zero-order chi connectivity index (χ0) is 15.5. The van der Waals surface area contributed by atoms with Crippen LogP contribution in [0.25, 0.3) is 5.65 Å². The van der Waals surface area contributed by atoms with Gasteiger partial charge in [0.1, 0.15) is 5.56 Å². The fourth-order valence-corrected chi connectivity index (χ4v) is 2.21. The summed E-state index contributed by atoms with van der Waals surface area (Å²) in [6.07, 6.45) is 5.60. The lowest BCUT2D eigenvalue weighted by Gasteiger charge is -2.26. The number of hydrogen-bond acceptors (Lipinski definition) is 4. The van der Waals surface area contributed by atoms with Crippen molar-refractivity contribution in [2.75, 3.05) is 6.54 Å². The summed E-state index contributed by atoms with van der Waals surface area (Å²) in [5, 5.41) is 16.1. The first kappa shape index (κ1) is 15.0. The number of rotatable bonds is 6. The SMILES string of the molecule is CCC(CC)(CNC(=O)c1cnn2cccnc12)C(=O)O. The highest BCUT2D eigenvalue weighted by Crippen LogP contribution is 2.25. The molecule has 21 heavy (non-hydrogen) atoms. The molecule has 0 saturated carbocycles. The molecule has 7 heteroatoms. The predicted molar refractivity (Wildman–Crippen MR) is 76.0 cm³/mol. The summed E-state index contributed by atoms with van der Waals surface area (Å²) in [5.41, 5.74) is -0.155. The molecule has 0 spiro atoms. The van der Waals surface area contributed by atoms with E-state index in [0.29, 0.717) is 24.1 Å². The number of nitrogens with zero attached hydrogens (tertiary/aromatic N) is 3. The summed E-state index contributed by atoms with van der Waals surface area (Å²) in [5.74, 6) is -1.26. The standard InChI is InChI=1S/C14H18N4O3/c1-3-14(4-2,13(20)21)9-16-12(19)10-8-17-18-7-5-6-15-11(10)18/h5-8H,3-4,9H2,1-2H3,(H,16,19)(H,20,21). The van der Waals surface area contributed by atoms with E-state index in [4.69, 9.17) is 0 Å². The maximum Gasteiger partial charge on any atom is 0.311 e. The van der Waals surface area contributed by atoms with Gasteiger partial charge in [0.25, 0.3) is 5.91 Å². The average Bonchev–Trinajstić information content (AvgIpc) is 2.92. The second-order valence-corrected chi connectivity index (χ2v) is 4.92. The largest absolute Gasteiger partial charge is 0.481 e. The molecular formula is C14H18N4O3. The van der Waals surface area contributed by atoms with E-state index < -0.39 is 11.4 Å². The van der Waals surface area contributed by atoms with E-state index in [2.05, 4.69) is 15.4 Å². The molecule has 0 aliphatic rings. The van der Waals surface area contributed by atoms with Gasteiger partial charge in [0.15, 0.2) is 5.65 Å². The van der Waals surface area contributed by atoms with Crippen molar-refractivity contribution in [3.8, 4) is 0 Å². The van der Waals surface area contributed by atoms with Gasteiger partial charge in [-0.25, -0.2) is 9.50 Å². The zero-order valence-electron chi connectivity index (χ0n) is 12.0. The summed E-state index contributed by atoms with van der Waals surface area (Å²) >= 11 is 0. The van der Waals surface area contributed by atoms with Crippen LogP contribution in [0, 0.1) is 5.41 Å². The van der Waals surface area contributed by atoms with Gasteiger partial charge >= 0.3 is 5.97 Å². The lowest BCUT2D eigenvalue weighted by Crippen LogP contribution is -2.42. The monoisotopic (exact) mass is 290 g/mol. The molecular weight excluding hydrogens is 272 g/mol. The van der Waals surface area contributed by atoms with Gasteiger partial charge in [0.2, 0.25) is 0 Å². The number of fused-ring (bicyclic) bond motifs is 1. The lowest BCUT2D eigenvalue weighted by molar-refractivity contribution is -0.149. The van der Waals surface area contributed by atoms with Crippen LogP contribution in [0.2, 0.25) is 0 Å². The Balaban J connectivity index is 2.17. The van der Waals surface area contributed by atoms with Crippen LogP contribution >= 0.6 is 0 Å². The second-order valence-electron chi connectivity index (χ2n) is 4.92. The first-order chi connectivity index (χ1) is 10.0. The molecule has 2 aromatic heterocycles. The van der Waals surface area contributed by atoms with Crippen molar-refractivity contribution in [2.24, 2.45) is 5.41 Å².